The Kier molecular flexibility index (Phi) is 5.66. The van der Waals surface area contributed by atoms with Crippen LogP contribution in [-0.4, -0.2) is 23.3 Å². The number of fused-ring (bicyclic) bond motifs is 1. The van der Waals surface area contributed by atoms with Gasteiger partial charge in [-0.15, -0.1) is 0 Å². The van der Waals surface area contributed by atoms with Gasteiger partial charge in [-0.3, -0.25) is 14.6 Å². The van der Waals surface area contributed by atoms with Gasteiger partial charge in [0, 0.05) is 17.1 Å². The van der Waals surface area contributed by atoms with E-state index in [-0.39, 0.29) is 18.4 Å². The molecule has 0 atom stereocenters. The topological polar surface area (TPSA) is 80.3 Å². The summed E-state index contributed by atoms with van der Waals surface area (Å²) >= 11 is 0. The summed E-state index contributed by atoms with van der Waals surface area (Å²) in [4.78, 5) is 28.9. The number of nitrogens with zero attached hydrogens (tertiary/aromatic N) is 1. The third kappa shape index (κ3) is 4.62. The first-order valence-corrected chi connectivity index (χ1v) is 9.44. The highest BCUT2D eigenvalue weighted by molar-refractivity contribution is 6.03. The second kappa shape index (κ2) is 8.87. The zero-order chi connectivity index (χ0) is 20.8. The summed E-state index contributed by atoms with van der Waals surface area (Å²) in [5.41, 5.74) is 1.75. The summed E-state index contributed by atoms with van der Waals surface area (Å²) in [7, 11) is 0. The molecule has 0 saturated heterocycles. The number of carbonyl (C=O) groups excluding carboxylic acids is 2. The maximum atomic E-state index is 12.3. The van der Waals surface area contributed by atoms with Crippen molar-refractivity contribution in [3.05, 3.63) is 96.7 Å². The van der Waals surface area contributed by atoms with Crippen molar-refractivity contribution in [2.24, 2.45) is 0 Å². The van der Waals surface area contributed by atoms with Crippen LogP contribution in [0.5, 0.6) is 11.5 Å². The molecule has 2 amide bonds. The van der Waals surface area contributed by atoms with E-state index < -0.39 is 0 Å². The van der Waals surface area contributed by atoms with Crippen molar-refractivity contribution in [2.45, 2.75) is 0 Å². The molecule has 0 radical (unpaired) electrons. The molecule has 30 heavy (non-hydrogen) atoms. The first-order chi connectivity index (χ1) is 14.7. The molecule has 0 unspecified atom stereocenters. The molecule has 6 heteroatoms. The van der Waals surface area contributed by atoms with Crippen LogP contribution < -0.4 is 15.4 Å². The van der Waals surface area contributed by atoms with Gasteiger partial charge in [0.15, 0.2) is 0 Å². The standard InChI is InChI=1S/C24H19N3O3/c28-22(27-21-10-4-6-17-7-5-15-25-23(17)21)16-26-24(29)18-11-13-20(14-12-18)30-19-8-2-1-3-9-19/h1-15H,16H2,(H,26,29)(H,27,28). The fourth-order valence-electron chi connectivity index (χ4n) is 2.96. The van der Waals surface area contributed by atoms with E-state index in [1.807, 2.05) is 54.6 Å². The minimum Gasteiger partial charge on any atom is -0.457 e. The lowest BCUT2D eigenvalue weighted by atomic mass is 10.2. The molecule has 3 aromatic carbocycles. The van der Waals surface area contributed by atoms with Crippen LogP contribution in [0.4, 0.5) is 5.69 Å². The van der Waals surface area contributed by atoms with Gasteiger partial charge in [-0.05, 0) is 48.5 Å². The molecule has 4 aromatic rings. The summed E-state index contributed by atoms with van der Waals surface area (Å²) in [6.07, 6.45) is 1.67. The number of nitrogens with one attached hydrogen (secondary N) is 2. The van der Waals surface area contributed by atoms with Crippen LogP contribution in [0.1, 0.15) is 10.4 Å². The lowest BCUT2D eigenvalue weighted by Crippen LogP contribution is -2.32. The van der Waals surface area contributed by atoms with Gasteiger partial charge in [0.1, 0.15) is 11.5 Å². The summed E-state index contributed by atoms with van der Waals surface area (Å²) in [6.45, 7) is -0.148. The zero-order valence-corrected chi connectivity index (χ0v) is 16.0. The van der Waals surface area contributed by atoms with Crippen molar-refractivity contribution >= 4 is 28.4 Å². The highest BCUT2D eigenvalue weighted by atomic mass is 16.5. The number of hydrogen-bond donors (Lipinski definition) is 2. The number of para-hydroxylation sites is 2. The number of pyridine rings is 1. The predicted octanol–water partition coefficient (Wildman–Crippen LogP) is 4.40. The Morgan fingerprint density at radius 3 is 2.33 bits per heavy atom. The normalized spacial score (nSPS) is 10.4. The van der Waals surface area contributed by atoms with Gasteiger partial charge in [-0.2, -0.15) is 0 Å². The lowest BCUT2D eigenvalue weighted by Gasteiger charge is -2.09. The van der Waals surface area contributed by atoms with Crippen molar-refractivity contribution < 1.29 is 14.3 Å². The number of aromatic nitrogens is 1. The smallest absolute Gasteiger partial charge is 0.251 e. The van der Waals surface area contributed by atoms with E-state index in [4.69, 9.17) is 4.74 Å². The number of amides is 2. The molecule has 2 N–H and O–H groups in total. The summed E-state index contributed by atoms with van der Waals surface area (Å²) < 4.78 is 5.71. The fourth-order valence-corrected chi connectivity index (χ4v) is 2.96. The Hall–Kier alpha value is -4.19. The Labute approximate surface area is 173 Å². The molecule has 0 fully saturated rings. The van der Waals surface area contributed by atoms with Crippen LogP contribution in [0.15, 0.2) is 91.1 Å². The molecule has 0 aliphatic heterocycles. The van der Waals surface area contributed by atoms with E-state index in [0.717, 1.165) is 5.39 Å². The van der Waals surface area contributed by atoms with Gasteiger partial charge in [-0.25, -0.2) is 0 Å². The van der Waals surface area contributed by atoms with E-state index in [1.165, 1.54) is 0 Å². The molecule has 0 aliphatic rings. The van der Waals surface area contributed by atoms with E-state index in [0.29, 0.717) is 28.3 Å². The van der Waals surface area contributed by atoms with E-state index in [2.05, 4.69) is 15.6 Å². The lowest BCUT2D eigenvalue weighted by molar-refractivity contribution is -0.115. The van der Waals surface area contributed by atoms with Gasteiger partial charge < -0.3 is 15.4 Å². The van der Waals surface area contributed by atoms with Gasteiger partial charge in [0.2, 0.25) is 5.91 Å². The number of anilines is 1. The third-order valence-corrected chi connectivity index (χ3v) is 4.41. The fraction of sp³-hybridized carbons (Fsp3) is 0.0417. The molecular weight excluding hydrogens is 378 g/mol. The Balaban J connectivity index is 1.33. The largest absolute Gasteiger partial charge is 0.457 e. The predicted molar refractivity (Wildman–Crippen MR) is 116 cm³/mol. The number of rotatable bonds is 6. The third-order valence-electron chi connectivity index (χ3n) is 4.41. The van der Waals surface area contributed by atoms with Crippen LogP contribution in [-0.2, 0) is 4.79 Å². The number of hydrogen-bond acceptors (Lipinski definition) is 4. The molecule has 0 saturated carbocycles. The quantitative estimate of drug-likeness (QED) is 0.505. The first kappa shape index (κ1) is 19.1. The second-order valence-corrected chi connectivity index (χ2v) is 6.55. The second-order valence-electron chi connectivity index (χ2n) is 6.55. The van der Waals surface area contributed by atoms with E-state index >= 15 is 0 Å². The van der Waals surface area contributed by atoms with Crippen LogP contribution in [0.3, 0.4) is 0 Å². The van der Waals surface area contributed by atoms with Crippen LogP contribution in [0, 0.1) is 0 Å². The van der Waals surface area contributed by atoms with Crippen LogP contribution in [0.25, 0.3) is 10.9 Å². The highest BCUT2D eigenvalue weighted by Crippen LogP contribution is 2.22. The van der Waals surface area contributed by atoms with Gasteiger partial charge in [0.25, 0.3) is 5.91 Å². The zero-order valence-electron chi connectivity index (χ0n) is 16.0. The van der Waals surface area contributed by atoms with Gasteiger partial charge in [0.05, 0.1) is 17.7 Å². The SMILES string of the molecule is O=C(CNC(=O)c1ccc(Oc2ccccc2)cc1)Nc1cccc2cccnc12. The summed E-state index contributed by atoms with van der Waals surface area (Å²) in [5, 5.41) is 6.34. The average Bonchev–Trinajstić information content (AvgIpc) is 2.79. The maximum absolute atomic E-state index is 12.3. The van der Waals surface area contributed by atoms with Gasteiger partial charge >= 0.3 is 0 Å². The molecule has 148 valence electrons. The molecule has 1 aromatic heterocycles. The van der Waals surface area contributed by atoms with Crippen molar-refractivity contribution in [2.75, 3.05) is 11.9 Å². The van der Waals surface area contributed by atoms with E-state index in [1.54, 1.807) is 36.5 Å². The van der Waals surface area contributed by atoms with Crippen molar-refractivity contribution in [3.63, 3.8) is 0 Å². The summed E-state index contributed by atoms with van der Waals surface area (Å²) in [5.74, 6) is 0.672. The Morgan fingerprint density at radius 2 is 1.53 bits per heavy atom. The van der Waals surface area contributed by atoms with Crippen LogP contribution >= 0.6 is 0 Å². The number of benzene rings is 3. The van der Waals surface area contributed by atoms with Crippen LogP contribution in [0.2, 0.25) is 0 Å². The maximum Gasteiger partial charge on any atom is 0.251 e. The summed E-state index contributed by atoms with van der Waals surface area (Å²) in [6, 6.07) is 25.4. The average molecular weight is 397 g/mol. The molecule has 0 aliphatic carbocycles. The molecule has 6 nitrogen and oxygen atoms in total. The molecule has 4 rings (SSSR count). The Morgan fingerprint density at radius 1 is 0.800 bits per heavy atom. The van der Waals surface area contributed by atoms with E-state index in [9.17, 15) is 9.59 Å². The van der Waals surface area contributed by atoms with Crippen molar-refractivity contribution in [3.8, 4) is 11.5 Å². The van der Waals surface area contributed by atoms with Crippen molar-refractivity contribution in [1.82, 2.24) is 10.3 Å². The number of ether oxygens (including phenoxy) is 1. The van der Waals surface area contributed by atoms with Gasteiger partial charge in [-0.1, -0.05) is 36.4 Å². The van der Waals surface area contributed by atoms with Crippen molar-refractivity contribution in [1.29, 1.82) is 0 Å². The molecular formula is C24H19N3O3. The monoisotopic (exact) mass is 397 g/mol. The molecule has 1 heterocycles. The molecule has 0 spiro atoms. The Bertz CT molecular complexity index is 1170. The number of carbonyl (C=O) groups is 2. The highest BCUT2D eigenvalue weighted by Gasteiger charge is 2.10. The minimum atomic E-state index is -0.340. The minimum absolute atomic E-state index is 0.148. The first-order valence-electron chi connectivity index (χ1n) is 9.44. The molecule has 0 bridgehead atoms.